The van der Waals surface area contributed by atoms with Gasteiger partial charge < -0.3 is 5.11 Å². The molecule has 1 fully saturated rings. The maximum absolute atomic E-state index is 9.54. The molecule has 1 aliphatic carbocycles. The van der Waals surface area contributed by atoms with Crippen molar-refractivity contribution in [1.29, 1.82) is 0 Å². The number of hydrogen-bond donors (Lipinski definition) is 1. The standard InChI is InChI=1S/C12H16OS/c13-10-5-4-8-12(9-10)14-11-6-2-1-3-7-11/h1-3,6-7,10,12-13H,4-5,8-9H2/t10-,12+/m0/s1. The fraction of sp³-hybridized carbons (Fsp3) is 0.500. The number of hydrogen-bond acceptors (Lipinski definition) is 2. The largest absolute Gasteiger partial charge is 0.393 e. The monoisotopic (exact) mass is 208 g/mol. The highest BCUT2D eigenvalue weighted by molar-refractivity contribution is 8.00. The fourth-order valence-electron chi connectivity index (χ4n) is 1.92. The van der Waals surface area contributed by atoms with Crippen LogP contribution in [0.1, 0.15) is 25.7 Å². The van der Waals surface area contributed by atoms with Crippen LogP contribution in [0.25, 0.3) is 0 Å². The molecule has 0 heterocycles. The summed E-state index contributed by atoms with van der Waals surface area (Å²) in [6.45, 7) is 0. The molecule has 0 radical (unpaired) electrons. The molecule has 14 heavy (non-hydrogen) atoms. The molecule has 2 atom stereocenters. The molecule has 0 saturated heterocycles. The van der Waals surface area contributed by atoms with E-state index in [-0.39, 0.29) is 6.10 Å². The summed E-state index contributed by atoms with van der Waals surface area (Å²) in [5.41, 5.74) is 0. The van der Waals surface area contributed by atoms with Crippen molar-refractivity contribution in [3.05, 3.63) is 30.3 Å². The van der Waals surface area contributed by atoms with E-state index >= 15 is 0 Å². The van der Waals surface area contributed by atoms with Crippen LogP contribution in [0.5, 0.6) is 0 Å². The van der Waals surface area contributed by atoms with Crippen LogP contribution in [-0.4, -0.2) is 16.5 Å². The normalized spacial score (nSPS) is 27.5. The highest BCUT2D eigenvalue weighted by Gasteiger charge is 2.20. The van der Waals surface area contributed by atoms with E-state index in [4.69, 9.17) is 0 Å². The predicted octanol–water partition coefficient (Wildman–Crippen LogP) is 3.08. The van der Waals surface area contributed by atoms with Crippen LogP contribution in [-0.2, 0) is 0 Å². The van der Waals surface area contributed by atoms with E-state index in [0.29, 0.717) is 5.25 Å². The van der Waals surface area contributed by atoms with Gasteiger partial charge >= 0.3 is 0 Å². The van der Waals surface area contributed by atoms with Crippen LogP contribution < -0.4 is 0 Å². The van der Waals surface area contributed by atoms with Crippen molar-refractivity contribution < 1.29 is 5.11 Å². The van der Waals surface area contributed by atoms with E-state index in [9.17, 15) is 5.11 Å². The highest BCUT2D eigenvalue weighted by Crippen LogP contribution is 2.33. The number of aliphatic hydroxyl groups is 1. The molecule has 2 rings (SSSR count). The van der Waals surface area contributed by atoms with E-state index in [1.165, 1.54) is 17.7 Å². The van der Waals surface area contributed by atoms with Gasteiger partial charge in [-0.1, -0.05) is 18.2 Å². The SMILES string of the molecule is O[C@H]1CCC[C@@H](Sc2ccccc2)C1. The minimum atomic E-state index is -0.0648. The van der Waals surface area contributed by atoms with Gasteiger partial charge in [0.05, 0.1) is 6.10 Å². The van der Waals surface area contributed by atoms with Gasteiger partial charge in [0.15, 0.2) is 0 Å². The third kappa shape index (κ3) is 2.76. The topological polar surface area (TPSA) is 20.2 Å². The molecule has 0 aliphatic heterocycles. The lowest BCUT2D eigenvalue weighted by Crippen LogP contribution is -2.20. The van der Waals surface area contributed by atoms with Gasteiger partial charge in [-0.15, -0.1) is 11.8 Å². The summed E-state index contributed by atoms with van der Waals surface area (Å²) in [5.74, 6) is 0. The quantitative estimate of drug-likeness (QED) is 0.806. The van der Waals surface area contributed by atoms with Gasteiger partial charge in [0, 0.05) is 10.1 Å². The molecule has 1 aliphatic rings. The molecule has 0 bridgehead atoms. The van der Waals surface area contributed by atoms with Crippen LogP contribution >= 0.6 is 11.8 Å². The maximum atomic E-state index is 9.54. The van der Waals surface area contributed by atoms with E-state index in [1.807, 2.05) is 17.8 Å². The van der Waals surface area contributed by atoms with Crippen molar-refractivity contribution in [1.82, 2.24) is 0 Å². The van der Waals surface area contributed by atoms with E-state index < -0.39 is 0 Å². The summed E-state index contributed by atoms with van der Waals surface area (Å²) in [7, 11) is 0. The molecule has 0 unspecified atom stereocenters. The van der Waals surface area contributed by atoms with E-state index in [0.717, 1.165) is 12.8 Å². The molecule has 0 spiro atoms. The van der Waals surface area contributed by atoms with E-state index in [1.54, 1.807) is 0 Å². The van der Waals surface area contributed by atoms with E-state index in [2.05, 4.69) is 24.3 Å². The Morgan fingerprint density at radius 1 is 1.14 bits per heavy atom. The molecular formula is C12H16OS. The van der Waals surface area contributed by atoms with Gasteiger partial charge in [0.25, 0.3) is 0 Å². The van der Waals surface area contributed by atoms with Gasteiger partial charge in [0.2, 0.25) is 0 Å². The Morgan fingerprint density at radius 2 is 1.93 bits per heavy atom. The zero-order valence-electron chi connectivity index (χ0n) is 8.23. The van der Waals surface area contributed by atoms with Crippen LogP contribution in [0.15, 0.2) is 35.2 Å². The van der Waals surface area contributed by atoms with Gasteiger partial charge in [-0.05, 0) is 37.8 Å². The second kappa shape index (κ2) is 4.85. The Bertz CT molecular complexity index is 273. The Kier molecular flexibility index (Phi) is 3.49. The van der Waals surface area contributed by atoms with Crippen LogP contribution in [0.4, 0.5) is 0 Å². The summed E-state index contributed by atoms with van der Waals surface area (Å²) in [6.07, 6.45) is 4.30. The average Bonchev–Trinajstić information content (AvgIpc) is 2.19. The first-order valence-corrected chi connectivity index (χ1v) is 6.12. The van der Waals surface area contributed by atoms with Crippen molar-refractivity contribution >= 4 is 11.8 Å². The molecule has 2 heteroatoms. The lowest BCUT2D eigenvalue weighted by Gasteiger charge is -2.25. The van der Waals surface area contributed by atoms with Crippen LogP contribution in [0.2, 0.25) is 0 Å². The Morgan fingerprint density at radius 3 is 2.64 bits per heavy atom. The number of thioether (sulfide) groups is 1. The molecule has 76 valence electrons. The highest BCUT2D eigenvalue weighted by atomic mass is 32.2. The second-order valence-corrected chi connectivity index (χ2v) is 5.25. The van der Waals surface area contributed by atoms with Crippen molar-refractivity contribution in [3.63, 3.8) is 0 Å². The first-order chi connectivity index (χ1) is 6.84. The summed E-state index contributed by atoms with van der Waals surface area (Å²) < 4.78 is 0. The predicted molar refractivity (Wildman–Crippen MR) is 60.6 cm³/mol. The van der Waals surface area contributed by atoms with Crippen LogP contribution in [0, 0.1) is 0 Å². The van der Waals surface area contributed by atoms with Gasteiger partial charge in [-0.25, -0.2) is 0 Å². The molecular weight excluding hydrogens is 192 g/mol. The van der Waals surface area contributed by atoms with Gasteiger partial charge in [-0.2, -0.15) is 0 Å². The number of benzene rings is 1. The van der Waals surface area contributed by atoms with Crippen molar-refractivity contribution in [2.45, 2.75) is 41.9 Å². The maximum Gasteiger partial charge on any atom is 0.0551 e. The summed E-state index contributed by atoms with van der Waals surface area (Å²) in [6, 6.07) is 10.5. The number of aliphatic hydroxyl groups excluding tert-OH is 1. The molecule has 1 aromatic rings. The van der Waals surface area contributed by atoms with Crippen LogP contribution in [0.3, 0.4) is 0 Å². The molecule has 0 aromatic heterocycles. The van der Waals surface area contributed by atoms with Crippen molar-refractivity contribution in [2.75, 3.05) is 0 Å². The Balaban J connectivity index is 1.91. The summed E-state index contributed by atoms with van der Waals surface area (Å²) >= 11 is 1.91. The first-order valence-electron chi connectivity index (χ1n) is 5.24. The Labute approximate surface area is 89.5 Å². The number of rotatable bonds is 2. The Hall–Kier alpha value is -0.470. The fourth-order valence-corrected chi connectivity index (χ4v) is 3.22. The lowest BCUT2D eigenvalue weighted by molar-refractivity contribution is 0.133. The van der Waals surface area contributed by atoms with Crippen molar-refractivity contribution in [2.24, 2.45) is 0 Å². The lowest BCUT2D eigenvalue weighted by atomic mass is 9.97. The van der Waals surface area contributed by atoms with Crippen molar-refractivity contribution in [3.8, 4) is 0 Å². The minimum absolute atomic E-state index is 0.0648. The second-order valence-electron chi connectivity index (χ2n) is 3.87. The van der Waals surface area contributed by atoms with Gasteiger partial charge in [-0.3, -0.25) is 0 Å². The average molecular weight is 208 g/mol. The zero-order valence-corrected chi connectivity index (χ0v) is 9.04. The third-order valence-corrected chi connectivity index (χ3v) is 3.95. The molecule has 1 nitrogen and oxygen atoms in total. The zero-order chi connectivity index (χ0) is 9.80. The molecule has 1 saturated carbocycles. The first kappa shape index (κ1) is 10.1. The summed E-state index contributed by atoms with van der Waals surface area (Å²) in [4.78, 5) is 1.33. The third-order valence-electron chi connectivity index (χ3n) is 2.64. The minimum Gasteiger partial charge on any atom is -0.393 e. The molecule has 1 N–H and O–H groups in total. The summed E-state index contributed by atoms with van der Waals surface area (Å²) in [5, 5.41) is 10.2. The smallest absolute Gasteiger partial charge is 0.0551 e. The van der Waals surface area contributed by atoms with Gasteiger partial charge in [0.1, 0.15) is 0 Å². The molecule has 0 amide bonds. The molecule has 1 aromatic carbocycles.